The summed E-state index contributed by atoms with van der Waals surface area (Å²) in [6, 6.07) is 0.333. The molecule has 6 heteroatoms. The van der Waals surface area contributed by atoms with Crippen molar-refractivity contribution < 1.29 is 4.79 Å². The predicted octanol–water partition coefficient (Wildman–Crippen LogP) is 3.24. The lowest BCUT2D eigenvalue weighted by Gasteiger charge is -2.22. The van der Waals surface area contributed by atoms with Crippen molar-refractivity contribution >= 4 is 27.5 Å². The van der Waals surface area contributed by atoms with Gasteiger partial charge in [-0.2, -0.15) is 0 Å². The number of hydrogen-bond acceptors (Lipinski definition) is 4. The molecule has 2 N–H and O–H groups in total. The molecule has 5 nitrogen and oxygen atoms in total. The third-order valence-corrected chi connectivity index (χ3v) is 6.62. The number of hydrogen-bond donors (Lipinski definition) is 2. The van der Waals surface area contributed by atoms with E-state index < -0.39 is 0 Å². The van der Waals surface area contributed by atoms with Crippen LogP contribution in [-0.2, 0) is 24.1 Å². The zero-order valence-electron chi connectivity index (χ0n) is 14.5. The molecule has 2 aromatic rings. The van der Waals surface area contributed by atoms with E-state index in [0.717, 1.165) is 42.3 Å². The first kappa shape index (κ1) is 16.8. The molecule has 0 aliphatic heterocycles. The largest absolute Gasteiger partial charge is 0.353 e. The van der Waals surface area contributed by atoms with Crippen LogP contribution in [0.25, 0.3) is 10.2 Å². The summed E-state index contributed by atoms with van der Waals surface area (Å²) in [7, 11) is 0. The Morgan fingerprint density at radius 2 is 1.96 bits per heavy atom. The summed E-state index contributed by atoms with van der Waals surface area (Å²) < 4.78 is 0. The van der Waals surface area contributed by atoms with Crippen LogP contribution in [0, 0.1) is 0 Å². The first-order valence-corrected chi connectivity index (χ1v) is 10.3. The Hall–Kier alpha value is -1.69. The van der Waals surface area contributed by atoms with E-state index in [1.165, 1.54) is 36.1 Å². The van der Waals surface area contributed by atoms with Gasteiger partial charge in [-0.25, -0.2) is 4.98 Å². The van der Waals surface area contributed by atoms with Crippen molar-refractivity contribution in [1.82, 2.24) is 15.3 Å². The zero-order valence-corrected chi connectivity index (χ0v) is 15.3. The number of H-pyrrole nitrogens is 1. The van der Waals surface area contributed by atoms with Crippen LogP contribution in [0.2, 0.25) is 0 Å². The van der Waals surface area contributed by atoms with Crippen LogP contribution in [0.5, 0.6) is 0 Å². The van der Waals surface area contributed by atoms with Gasteiger partial charge in [-0.1, -0.05) is 19.3 Å². The van der Waals surface area contributed by atoms with Crippen molar-refractivity contribution in [2.75, 3.05) is 0 Å². The second-order valence-corrected chi connectivity index (χ2v) is 8.39. The topological polar surface area (TPSA) is 74.8 Å². The molecule has 1 saturated carbocycles. The summed E-state index contributed by atoms with van der Waals surface area (Å²) >= 11 is 1.66. The summed E-state index contributed by atoms with van der Waals surface area (Å²) in [6.45, 7) is 0. The molecule has 1 amide bonds. The van der Waals surface area contributed by atoms with Crippen molar-refractivity contribution in [3.05, 3.63) is 26.6 Å². The highest BCUT2D eigenvalue weighted by Crippen LogP contribution is 2.33. The standard InChI is InChI=1S/C19H25N3O2S/c23-16(20-12-6-2-1-3-7-12)11-10-15-21-18(24)17-13-8-4-5-9-14(13)25-19(17)22-15/h12H,1-11H2,(H,20,23)(H,21,22,24). The van der Waals surface area contributed by atoms with Gasteiger partial charge in [-0.3, -0.25) is 9.59 Å². The fraction of sp³-hybridized carbons (Fsp3) is 0.632. The number of aromatic nitrogens is 2. The molecule has 4 rings (SSSR count). The number of fused-ring (bicyclic) bond motifs is 3. The minimum atomic E-state index is -0.0351. The molecule has 2 heterocycles. The number of amides is 1. The molecule has 2 aromatic heterocycles. The van der Waals surface area contributed by atoms with E-state index in [9.17, 15) is 9.59 Å². The van der Waals surface area contributed by atoms with Crippen molar-refractivity contribution in [3.63, 3.8) is 0 Å². The van der Waals surface area contributed by atoms with Crippen LogP contribution in [0.15, 0.2) is 4.79 Å². The lowest BCUT2D eigenvalue weighted by atomic mass is 9.95. The molecule has 0 atom stereocenters. The number of aromatic amines is 1. The first-order valence-electron chi connectivity index (χ1n) is 9.53. The van der Waals surface area contributed by atoms with Crippen molar-refractivity contribution in [2.45, 2.75) is 76.7 Å². The molecule has 0 radical (unpaired) electrons. The molecule has 25 heavy (non-hydrogen) atoms. The Labute approximate surface area is 151 Å². The lowest BCUT2D eigenvalue weighted by Crippen LogP contribution is -2.36. The SMILES string of the molecule is O=C(CCc1nc2sc3c(c2c(=O)[nH]1)CCCC3)NC1CCCCC1. The molecule has 134 valence electrons. The summed E-state index contributed by atoms with van der Waals surface area (Å²) in [6.07, 6.45) is 11.2. The van der Waals surface area contributed by atoms with Gasteiger partial charge < -0.3 is 10.3 Å². The third kappa shape index (κ3) is 3.64. The van der Waals surface area contributed by atoms with Gasteiger partial charge in [-0.05, 0) is 44.1 Å². The third-order valence-electron chi connectivity index (χ3n) is 5.43. The highest BCUT2D eigenvalue weighted by Gasteiger charge is 2.20. The second-order valence-electron chi connectivity index (χ2n) is 7.31. The molecule has 0 aromatic carbocycles. The van der Waals surface area contributed by atoms with Crippen LogP contribution < -0.4 is 10.9 Å². The number of rotatable bonds is 4. The number of aryl methyl sites for hydroxylation is 3. The first-order chi connectivity index (χ1) is 12.2. The Morgan fingerprint density at radius 1 is 1.16 bits per heavy atom. The van der Waals surface area contributed by atoms with Crippen molar-refractivity contribution in [1.29, 1.82) is 0 Å². The van der Waals surface area contributed by atoms with Gasteiger partial charge in [0.25, 0.3) is 5.56 Å². The number of nitrogens with zero attached hydrogens (tertiary/aromatic N) is 1. The molecule has 2 aliphatic rings. The van der Waals surface area contributed by atoms with E-state index >= 15 is 0 Å². The summed E-state index contributed by atoms with van der Waals surface area (Å²) in [5.41, 5.74) is 1.17. The number of carbonyl (C=O) groups excluding carboxylic acids is 1. The van der Waals surface area contributed by atoms with Crippen molar-refractivity contribution in [2.24, 2.45) is 0 Å². The molecule has 1 fully saturated rings. The van der Waals surface area contributed by atoms with Gasteiger partial charge >= 0.3 is 0 Å². The molecular weight excluding hydrogens is 334 g/mol. The Morgan fingerprint density at radius 3 is 2.80 bits per heavy atom. The van der Waals surface area contributed by atoms with Crippen LogP contribution in [-0.4, -0.2) is 21.9 Å². The van der Waals surface area contributed by atoms with Gasteiger partial charge in [-0.15, -0.1) is 11.3 Å². The van der Waals surface area contributed by atoms with Crippen LogP contribution in [0.4, 0.5) is 0 Å². The van der Waals surface area contributed by atoms with E-state index in [1.807, 2.05) is 0 Å². The van der Waals surface area contributed by atoms with Gasteiger partial charge in [0.15, 0.2) is 0 Å². The maximum absolute atomic E-state index is 12.5. The molecule has 0 saturated heterocycles. The van der Waals surface area contributed by atoms with E-state index in [0.29, 0.717) is 24.7 Å². The minimum Gasteiger partial charge on any atom is -0.353 e. The molecule has 2 aliphatic carbocycles. The lowest BCUT2D eigenvalue weighted by molar-refractivity contribution is -0.122. The molecule has 0 unspecified atom stereocenters. The second kappa shape index (κ2) is 7.28. The smallest absolute Gasteiger partial charge is 0.259 e. The van der Waals surface area contributed by atoms with Crippen LogP contribution >= 0.6 is 11.3 Å². The Kier molecular flexibility index (Phi) is 4.88. The monoisotopic (exact) mass is 359 g/mol. The summed E-state index contributed by atoms with van der Waals surface area (Å²) in [4.78, 5) is 34.4. The normalized spacial score (nSPS) is 18.2. The van der Waals surface area contributed by atoms with E-state index in [1.54, 1.807) is 11.3 Å². The van der Waals surface area contributed by atoms with Gasteiger partial charge in [0.2, 0.25) is 5.91 Å². The minimum absolute atomic E-state index is 0.0351. The summed E-state index contributed by atoms with van der Waals surface area (Å²) in [5, 5.41) is 3.91. The highest BCUT2D eigenvalue weighted by atomic mass is 32.1. The zero-order chi connectivity index (χ0) is 17.2. The van der Waals surface area contributed by atoms with Crippen LogP contribution in [0.1, 0.15) is 67.6 Å². The Balaban J connectivity index is 1.45. The predicted molar refractivity (Wildman–Crippen MR) is 100 cm³/mol. The van der Waals surface area contributed by atoms with Gasteiger partial charge in [0, 0.05) is 23.8 Å². The fourth-order valence-electron chi connectivity index (χ4n) is 4.11. The maximum Gasteiger partial charge on any atom is 0.259 e. The van der Waals surface area contributed by atoms with E-state index in [2.05, 4.69) is 15.3 Å². The van der Waals surface area contributed by atoms with E-state index in [-0.39, 0.29) is 11.5 Å². The van der Waals surface area contributed by atoms with Crippen molar-refractivity contribution in [3.8, 4) is 0 Å². The van der Waals surface area contributed by atoms with Gasteiger partial charge in [0.1, 0.15) is 10.7 Å². The highest BCUT2D eigenvalue weighted by molar-refractivity contribution is 7.18. The summed E-state index contributed by atoms with van der Waals surface area (Å²) in [5.74, 6) is 0.704. The van der Waals surface area contributed by atoms with Crippen LogP contribution in [0.3, 0.4) is 0 Å². The number of nitrogens with one attached hydrogen (secondary N) is 2. The van der Waals surface area contributed by atoms with E-state index in [4.69, 9.17) is 0 Å². The fourth-order valence-corrected chi connectivity index (χ4v) is 5.39. The number of carbonyl (C=O) groups is 1. The molecular formula is C19H25N3O2S. The molecule has 0 spiro atoms. The average molecular weight is 359 g/mol. The maximum atomic E-state index is 12.5. The van der Waals surface area contributed by atoms with Gasteiger partial charge in [0.05, 0.1) is 5.39 Å². The Bertz CT molecular complexity index is 833. The average Bonchev–Trinajstić information content (AvgIpc) is 2.99. The molecule has 0 bridgehead atoms. The number of thiophene rings is 1. The quantitative estimate of drug-likeness (QED) is 0.880.